The van der Waals surface area contributed by atoms with Crippen molar-refractivity contribution in [2.45, 2.75) is 32.6 Å². The summed E-state index contributed by atoms with van der Waals surface area (Å²) in [6, 6.07) is 0. The van der Waals surface area contributed by atoms with Gasteiger partial charge in [-0.3, -0.25) is 0 Å². The molecule has 1 spiro atoms. The smallest absolute Gasteiger partial charge is 0.00386 e. The van der Waals surface area contributed by atoms with Crippen molar-refractivity contribution in [2.24, 2.45) is 5.41 Å². The Balaban J connectivity index is 2.12. The van der Waals surface area contributed by atoms with E-state index in [1.54, 1.807) is 0 Å². The van der Waals surface area contributed by atoms with Crippen LogP contribution in [0.4, 0.5) is 0 Å². The maximum atomic E-state index is 4.52. The van der Waals surface area contributed by atoms with Gasteiger partial charge in [-0.2, -0.15) is 0 Å². The van der Waals surface area contributed by atoms with Crippen LogP contribution in [0.15, 0.2) is 10.5 Å². The van der Waals surface area contributed by atoms with Crippen molar-refractivity contribution in [1.29, 1.82) is 0 Å². The monoisotopic (exact) mass is 197 g/mol. The van der Waals surface area contributed by atoms with Gasteiger partial charge in [-0.1, -0.05) is 5.57 Å². The second-order valence-electron chi connectivity index (χ2n) is 4.89. The predicted octanol–water partition coefficient (Wildman–Crippen LogP) is 2.70. The summed E-state index contributed by atoms with van der Waals surface area (Å²) in [6.45, 7) is 4.84. The minimum Gasteiger partial charge on any atom is -0.306 e. The van der Waals surface area contributed by atoms with Gasteiger partial charge < -0.3 is 4.90 Å². The SMILES string of the molecule is CC1=C(S)CCC2(CCN(C)C2)C1. The van der Waals surface area contributed by atoms with Gasteiger partial charge >= 0.3 is 0 Å². The lowest BCUT2D eigenvalue weighted by atomic mass is 9.74. The minimum absolute atomic E-state index is 0.616. The van der Waals surface area contributed by atoms with Crippen molar-refractivity contribution in [3.63, 3.8) is 0 Å². The second kappa shape index (κ2) is 3.32. The van der Waals surface area contributed by atoms with Gasteiger partial charge in [-0.05, 0) is 56.5 Å². The minimum atomic E-state index is 0.616. The Hall–Kier alpha value is 0.0500. The van der Waals surface area contributed by atoms with Crippen LogP contribution >= 0.6 is 12.6 Å². The molecule has 13 heavy (non-hydrogen) atoms. The summed E-state index contributed by atoms with van der Waals surface area (Å²) in [5.41, 5.74) is 2.15. The number of likely N-dealkylation sites (tertiary alicyclic amines) is 1. The van der Waals surface area contributed by atoms with E-state index < -0.39 is 0 Å². The zero-order valence-electron chi connectivity index (χ0n) is 8.64. The third kappa shape index (κ3) is 1.79. The van der Waals surface area contributed by atoms with E-state index >= 15 is 0 Å². The first-order valence-corrected chi connectivity index (χ1v) is 5.62. The summed E-state index contributed by atoms with van der Waals surface area (Å²) < 4.78 is 0. The molecular weight excluding hydrogens is 178 g/mol. The molecule has 0 amide bonds. The van der Waals surface area contributed by atoms with Gasteiger partial charge in [0.25, 0.3) is 0 Å². The van der Waals surface area contributed by atoms with Crippen molar-refractivity contribution >= 4 is 12.6 Å². The lowest BCUT2D eigenvalue weighted by Crippen LogP contribution is -2.27. The summed E-state index contributed by atoms with van der Waals surface area (Å²) in [7, 11) is 2.24. The van der Waals surface area contributed by atoms with Crippen LogP contribution in [-0.2, 0) is 0 Å². The first kappa shape index (κ1) is 9.60. The maximum Gasteiger partial charge on any atom is 0.00386 e. The highest BCUT2D eigenvalue weighted by molar-refractivity contribution is 7.84. The average molecular weight is 197 g/mol. The van der Waals surface area contributed by atoms with E-state index in [1.807, 2.05) is 0 Å². The van der Waals surface area contributed by atoms with E-state index in [1.165, 1.54) is 49.3 Å². The molecule has 2 aliphatic rings. The van der Waals surface area contributed by atoms with Crippen molar-refractivity contribution in [3.05, 3.63) is 10.5 Å². The van der Waals surface area contributed by atoms with Crippen LogP contribution < -0.4 is 0 Å². The Morgan fingerprint density at radius 2 is 2.15 bits per heavy atom. The van der Waals surface area contributed by atoms with Gasteiger partial charge in [-0.15, -0.1) is 12.6 Å². The highest BCUT2D eigenvalue weighted by atomic mass is 32.1. The molecule has 0 saturated carbocycles. The van der Waals surface area contributed by atoms with Crippen LogP contribution in [0.5, 0.6) is 0 Å². The Bertz CT molecular complexity index is 246. The van der Waals surface area contributed by atoms with Gasteiger partial charge in [0.05, 0.1) is 0 Å². The van der Waals surface area contributed by atoms with Gasteiger partial charge in [0.15, 0.2) is 0 Å². The molecule has 1 saturated heterocycles. The molecular formula is C11H19NS. The standard InChI is InChI=1S/C11H19NS/c1-9-7-11(4-3-10(9)13)5-6-12(2)8-11/h13H,3-8H2,1-2H3. The molecule has 2 rings (SSSR count). The van der Waals surface area contributed by atoms with Crippen molar-refractivity contribution < 1.29 is 0 Å². The van der Waals surface area contributed by atoms with Gasteiger partial charge in [0.1, 0.15) is 0 Å². The Labute approximate surface area is 86.6 Å². The third-order valence-electron chi connectivity index (χ3n) is 3.65. The Morgan fingerprint density at radius 1 is 1.38 bits per heavy atom. The fourth-order valence-electron chi connectivity index (χ4n) is 2.86. The van der Waals surface area contributed by atoms with Crippen molar-refractivity contribution in [2.75, 3.05) is 20.1 Å². The topological polar surface area (TPSA) is 3.24 Å². The zero-order chi connectivity index (χ0) is 9.47. The summed E-state index contributed by atoms with van der Waals surface area (Å²) in [6.07, 6.45) is 5.24. The van der Waals surface area contributed by atoms with Crippen molar-refractivity contribution in [3.8, 4) is 0 Å². The molecule has 1 nitrogen and oxygen atoms in total. The molecule has 1 aliphatic heterocycles. The van der Waals surface area contributed by atoms with Crippen molar-refractivity contribution in [1.82, 2.24) is 4.90 Å². The van der Waals surface area contributed by atoms with Crippen LogP contribution in [0.2, 0.25) is 0 Å². The Morgan fingerprint density at radius 3 is 2.69 bits per heavy atom. The van der Waals surface area contributed by atoms with Gasteiger partial charge in [0, 0.05) is 6.54 Å². The zero-order valence-corrected chi connectivity index (χ0v) is 9.53. The fraction of sp³-hybridized carbons (Fsp3) is 0.818. The van der Waals surface area contributed by atoms with Crippen LogP contribution in [0.25, 0.3) is 0 Å². The van der Waals surface area contributed by atoms with E-state index in [0.717, 1.165) is 0 Å². The second-order valence-corrected chi connectivity index (χ2v) is 5.43. The molecule has 0 bridgehead atoms. The molecule has 1 fully saturated rings. The lowest BCUT2D eigenvalue weighted by molar-refractivity contribution is 0.249. The molecule has 2 heteroatoms. The molecule has 0 aromatic heterocycles. The largest absolute Gasteiger partial charge is 0.306 e. The third-order valence-corrected chi connectivity index (χ3v) is 4.26. The maximum absolute atomic E-state index is 4.52. The molecule has 1 unspecified atom stereocenters. The number of hydrogen-bond acceptors (Lipinski definition) is 2. The summed E-state index contributed by atoms with van der Waals surface area (Å²) in [5, 5.41) is 0. The van der Waals surface area contributed by atoms with Gasteiger partial charge in [0.2, 0.25) is 0 Å². The number of allylic oxidation sites excluding steroid dienone is 2. The van der Waals surface area contributed by atoms with Gasteiger partial charge in [-0.25, -0.2) is 0 Å². The quantitative estimate of drug-likeness (QED) is 0.584. The first-order chi connectivity index (χ1) is 6.11. The van der Waals surface area contributed by atoms with Crippen LogP contribution in [0, 0.1) is 5.41 Å². The lowest BCUT2D eigenvalue weighted by Gasteiger charge is -2.34. The Kier molecular flexibility index (Phi) is 2.45. The number of thiol groups is 1. The molecule has 0 aromatic rings. The predicted molar refractivity (Wildman–Crippen MR) is 60.1 cm³/mol. The number of rotatable bonds is 0. The molecule has 0 aromatic carbocycles. The van der Waals surface area contributed by atoms with Crippen LogP contribution in [0.3, 0.4) is 0 Å². The molecule has 0 N–H and O–H groups in total. The molecule has 1 aliphatic carbocycles. The van der Waals surface area contributed by atoms with E-state index in [9.17, 15) is 0 Å². The van der Waals surface area contributed by atoms with Crippen LogP contribution in [0.1, 0.15) is 32.6 Å². The number of hydrogen-bond donors (Lipinski definition) is 1. The van der Waals surface area contributed by atoms with E-state index in [0.29, 0.717) is 5.41 Å². The molecule has 74 valence electrons. The van der Waals surface area contributed by atoms with E-state index in [-0.39, 0.29) is 0 Å². The van der Waals surface area contributed by atoms with E-state index in [2.05, 4.69) is 31.5 Å². The summed E-state index contributed by atoms with van der Waals surface area (Å²) in [4.78, 5) is 3.82. The highest BCUT2D eigenvalue weighted by Gasteiger charge is 2.38. The number of nitrogens with zero attached hydrogens (tertiary/aromatic N) is 1. The summed E-state index contributed by atoms with van der Waals surface area (Å²) >= 11 is 4.52. The summed E-state index contributed by atoms with van der Waals surface area (Å²) in [5.74, 6) is 0. The first-order valence-electron chi connectivity index (χ1n) is 5.17. The molecule has 1 atom stereocenters. The fourth-order valence-corrected chi connectivity index (χ4v) is 3.05. The van der Waals surface area contributed by atoms with Crippen LogP contribution in [-0.4, -0.2) is 25.0 Å². The van der Waals surface area contributed by atoms with E-state index in [4.69, 9.17) is 0 Å². The average Bonchev–Trinajstić information content (AvgIpc) is 2.42. The highest BCUT2D eigenvalue weighted by Crippen LogP contribution is 2.45. The molecule has 0 radical (unpaired) electrons. The molecule has 1 heterocycles. The normalized spacial score (nSPS) is 36.2.